The number of carbonyl (C=O) groups excluding carboxylic acids is 1. The molecule has 1 rings (SSSR count). The maximum atomic E-state index is 11.5. The maximum Gasteiger partial charge on any atom is 0.261 e. The number of carbonyl (C=O) groups is 1. The van der Waals surface area contributed by atoms with Crippen molar-refractivity contribution in [2.75, 3.05) is 20.2 Å². The van der Waals surface area contributed by atoms with Crippen molar-refractivity contribution in [3.05, 3.63) is 29.8 Å². The fourth-order valence-corrected chi connectivity index (χ4v) is 1.16. The van der Waals surface area contributed by atoms with Crippen molar-refractivity contribution in [1.82, 2.24) is 4.90 Å². The van der Waals surface area contributed by atoms with Crippen LogP contribution in [0.25, 0.3) is 0 Å². The van der Waals surface area contributed by atoms with E-state index in [0.29, 0.717) is 11.3 Å². The molecule has 0 saturated heterocycles. The largest absolute Gasteiger partial charge is 0.482 e. The SMILES string of the molecule is C#CCN(C)C(=O)COc1ccccc1C#N. The van der Waals surface area contributed by atoms with E-state index in [0.717, 1.165) is 0 Å². The van der Waals surface area contributed by atoms with Gasteiger partial charge in [-0.25, -0.2) is 0 Å². The molecule has 1 amide bonds. The molecule has 17 heavy (non-hydrogen) atoms. The number of amides is 1. The first-order valence-electron chi connectivity index (χ1n) is 4.98. The first-order chi connectivity index (χ1) is 8.19. The molecule has 0 saturated carbocycles. The molecule has 1 aromatic rings. The Hall–Kier alpha value is -2.46. The number of hydrogen-bond donors (Lipinski definition) is 0. The van der Waals surface area contributed by atoms with E-state index in [1.807, 2.05) is 6.07 Å². The predicted octanol–water partition coefficient (Wildman–Crippen LogP) is 1.03. The number of para-hydroxylation sites is 1. The van der Waals surface area contributed by atoms with Crippen LogP contribution in [0.15, 0.2) is 24.3 Å². The predicted molar refractivity (Wildman–Crippen MR) is 63.1 cm³/mol. The Bertz CT molecular complexity index is 483. The minimum absolute atomic E-state index is 0.128. The summed E-state index contributed by atoms with van der Waals surface area (Å²) in [5, 5.41) is 8.83. The minimum Gasteiger partial charge on any atom is -0.482 e. The highest BCUT2D eigenvalue weighted by Gasteiger charge is 2.09. The molecule has 4 heteroatoms. The van der Waals surface area contributed by atoms with Crippen LogP contribution in [0, 0.1) is 23.7 Å². The molecule has 0 N–H and O–H groups in total. The summed E-state index contributed by atoms with van der Waals surface area (Å²) in [4.78, 5) is 12.9. The molecule has 4 nitrogen and oxygen atoms in total. The fraction of sp³-hybridized carbons (Fsp3) is 0.231. The Morgan fingerprint density at radius 1 is 1.53 bits per heavy atom. The van der Waals surface area contributed by atoms with Crippen molar-refractivity contribution in [2.24, 2.45) is 0 Å². The summed E-state index contributed by atoms with van der Waals surface area (Å²) in [6, 6.07) is 8.74. The van der Waals surface area contributed by atoms with E-state index in [4.69, 9.17) is 16.4 Å². The highest BCUT2D eigenvalue weighted by molar-refractivity contribution is 5.77. The highest BCUT2D eigenvalue weighted by Crippen LogP contribution is 2.16. The lowest BCUT2D eigenvalue weighted by Crippen LogP contribution is -2.31. The molecule has 0 spiro atoms. The zero-order chi connectivity index (χ0) is 12.7. The van der Waals surface area contributed by atoms with Gasteiger partial charge in [0, 0.05) is 7.05 Å². The Labute approximate surface area is 100 Å². The van der Waals surface area contributed by atoms with Gasteiger partial charge in [0.2, 0.25) is 0 Å². The van der Waals surface area contributed by atoms with Gasteiger partial charge in [-0.2, -0.15) is 5.26 Å². The van der Waals surface area contributed by atoms with E-state index in [-0.39, 0.29) is 19.1 Å². The number of benzene rings is 1. The monoisotopic (exact) mass is 228 g/mol. The zero-order valence-corrected chi connectivity index (χ0v) is 9.51. The van der Waals surface area contributed by atoms with Gasteiger partial charge in [-0.15, -0.1) is 6.42 Å². The molecule has 0 unspecified atom stereocenters. The minimum atomic E-state index is -0.226. The van der Waals surface area contributed by atoms with Crippen LogP contribution in [0.1, 0.15) is 5.56 Å². The third-order valence-electron chi connectivity index (χ3n) is 2.11. The normalized spacial score (nSPS) is 8.88. The second kappa shape index (κ2) is 6.19. The number of likely N-dealkylation sites (N-methyl/N-ethyl adjacent to an activating group) is 1. The highest BCUT2D eigenvalue weighted by atomic mass is 16.5. The molecule has 0 bridgehead atoms. The molecular weight excluding hydrogens is 216 g/mol. The van der Waals surface area contributed by atoms with Crippen molar-refractivity contribution >= 4 is 5.91 Å². The molecule has 0 radical (unpaired) electrons. The number of nitriles is 1. The lowest BCUT2D eigenvalue weighted by molar-refractivity contribution is -0.131. The quantitative estimate of drug-likeness (QED) is 0.723. The van der Waals surface area contributed by atoms with Crippen LogP contribution in [-0.2, 0) is 4.79 Å². The number of hydrogen-bond acceptors (Lipinski definition) is 3. The van der Waals surface area contributed by atoms with Gasteiger partial charge in [0.15, 0.2) is 6.61 Å². The van der Waals surface area contributed by atoms with Gasteiger partial charge < -0.3 is 9.64 Å². The van der Waals surface area contributed by atoms with E-state index in [2.05, 4.69) is 5.92 Å². The first-order valence-corrected chi connectivity index (χ1v) is 4.98. The van der Waals surface area contributed by atoms with Crippen LogP contribution in [-0.4, -0.2) is 31.0 Å². The summed E-state index contributed by atoms with van der Waals surface area (Å²) < 4.78 is 5.27. The molecule has 86 valence electrons. The summed E-state index contributed by atoms with van der Waals surface area (Å²) in [6.07, 6.45) is 5.09. The topological polar surface area (TPSA) is 53.3 Å². The Morgan fingerprint density at radius 3 is 2.88 bits per heavy atom. The van der Waals surface area contributed by atoms with E-state index in [9.17, 15) is 4.79 Å². The second-order valence-corrected chi connectivity index (χ2v) is 3.35. The summed E-state index contributed by atoms with van der Waals surface area (Å²) in [5.74, 6) is 2.54. The molecule has 0 aliphatic carbocycles. The van der Waals surface area contributed by atoms with E-state index in [1.165, 1.54) is 4.90 Å². The van der Waals surface area contributed by atoms with Gasteiger partial charge in [0.25, 0.3) is 5.91 Å². The average molecular weight is 228 g/mol. The molecule has 0 aromatic heterocycles. The van der Waals surface area contributed by atoms with Gasteiger partial charge in [-0.05, 0) is 12.1 Å². The number of ether oxygens (including phenoxy) is 1. The van der Waals surface area contributed by atoms with Crippen LogP contribution in [0.5, 0.6) is 5.75 Å². The molecule has 0 aliphatic heterocycles. The van der Waals surface area contributed by atoms with Crippen LogP contribution in [0.3, 0.4) is 0 Å². The van der Waals surface area contributed by atoms with Gasteiger partial charge in [0.1, 0.15) is 11.8 Å². The summed E-state index contributed by atoms with van der Waals surface area (Å²) in [7, 11) is 1.60. The van der Waals surface area contributed by atoms with Gasteiger partial charge in [0.05, 0.1) is 12.1 Å². The molecular formula is C13H12N2O2. The Kier molecular flexibility index (Phi) is 4.59. The van der Waals surface area contributed by atoms with E-state index >= 15 is 0 Å². The second-order valence-electron chi connectivity index (χ2n) is 3.35. The van der Waals surface area contributed by atoms with E-state index < -0.39 is 0 Å². The van der Waals surface area contributed by atoms with Crippen LogP contribution < -0.4 is 4.74 Å². The fourth-order valence-electron chi connectivity index (χ4n) is 1.16. The third kappa shape index (κ3) is 3.55. The molecule has 0 aliphatic rings. The molecule has 0 heterocycles. The summed E-state index contributed by atoms with van der Waals surface area (Å²) in [5.41, 5.74) is 0.403. The van der Waals surface area contributed by atoms with Crippen LogP contribution in [0.4, 0.5) is 0 Å². The molecule has 1 aromatic carbocycles. The lowest BCUT2D eigenvalue weighted by Gasteiger charge is -2.14. The van der Waals surface area contributed by atoms with Crippen LogP contribution >= 0.6 is 0 Å². The maximum absolute atomic E-state index is 11.5. The number of nitrogens with zero attached hydrogens (tertiary/aromatic N) is 2. The van der Waals surface area contributed by atoms with Crippen molar-refractivity contribution in [1.29, 1.82) is 5.26 Å². The van der Waals surface area contributed by atoms with E-state index in [1.54, 1.807) is 31.3 Å². The van der Waals surface area contributed by atoms with Crippen molar-refractivity contribution in [3.63, 3.8) is 0 Å². The third-order valence-corrected chi connectivity index (χ3v) is 2.11. The van der Waals surface area contributed by atoms with Gasteiger partial charge >= 0.3 is 0 Å². The first kappa shape index (κ1) is 12.6. The molecule has 0 fully saturated rings. The van der Waals surface area contributed by atoms with Crippen molar-refractivity contribution in [3.8, 4) is 24.2 Å². The summed E-state index contributed by atoms with van der Waals surface area (Å²) >= 11 is 0. The zero-order valence-electron chi connectivity index (χ0n) is 9.51. The Balaban J connectivity index is 2.60. The summed E-state index contributed by atoms with van der Waals surface area (Å²) in [6.45, 7) is 0.110. The number of rotatable bonds is 4. The average Bonchev–Trinajstić information content (AvgIpc) is 2.36. The van der Waals surface area contributed by atoms with Crippen LogP contribution in [0.2, 0.25) is 0 Å². The number of terminal acetylenes is 1. The Morgan fingerprint density at radius 2 is 2.24 bits per heavy atom. The van der Waals surface area contributed by atoms with Crippen molar-refractivity contribution < 1.29 is 9.53 Å². The molecule has 0 atom stereocenters. The smallest absolute Gasteiger partial charge is 0.261 e. The standard InChI is InChI=1S/C13H12N2O2/c1-3-8-15(2)13(16)10-17-12-7-5-4-6-11(12)9-14/h1,4-7H,8,10H2,2H3. The lowest BCUT2D eigenvalue weighted by atomic mass is 10.2. The van der Waals surface area contributed by atoms with Gasteiger partial charge in [-0.1, -0.05) is 18.1 Å². The van der Waals surface area contributed by atoms with Crippen molar-refractivity contribution in [2.45, 2.75) is 0 Å². The van der Waals surface area contributed by atoms with Gasteiger partial charge in [-0.3, -0.25) is 4.79 Å².